The van der Waals surface area contributed by atoms with Crippen molar-refractivity contribution >= 4 is 11.6 Å². The predicted molar refractivity (Wildman–Crippen MR) is 66.8 cm³/mol. The first kappa shape index (κ1) is 13.7. The maximum atomic E-state index is 13.7. The molecule has 2 rings (SSSR count). The van der Waals surface area contributed by atoms with Gasteiger partial charge in [0.25, 0.3) is 0 Å². The smallest absolute Gasteiger partial charge is 0.127 e. The second-order valence-corrected chi connectivity index (χ2v) is 4.63. The largest absolute Gasteiger partial charge is 0.376 e. The number of nitrogens with one attached hydrogen (secondary N) is 1. The van der Waals surface area contributed by atoms with Crippen LogP contribution in [0.4, 0.5) is 4.39 Å². The molecular weight excluding hydrogens is 259 g/mol. The monoisotopic (exact) mass is 274 g/mol. The number of rotatable bonds is 4. The highest BCUT2D eigenvalue weighted by molar-refractivity contribution is 6.30. The Hall–Kier alpha value is -0.720. The molecule has 2 atom stereocenters. The maximum absolute atomic E-state index is 13.7. The van der Waals surface area contributed by atoms with E-state index in [1.807, 2.05) is 0 Å². The van der Waals surface area contributed by atoms with E-state index in [0.717, 1.165) is 0 Å². The minimum absolute atomic E-state index is 0.168. The Morgan fingerprint density at radius 1 is 1.50 bits per heavy atom. The third-order valence-corrected chi connectivity index (χ3v) is 3.19. The average Bonchev–Trinajstić information content (AvgIpc) is 2.39. The first-order valence-electron chi connectivity index (χ1n) is 5.80. The van der Waals surface area contributed by atoms with Gasteiger partial charge in [0.2, 0.25) is 0 Å². The summed E-state index contributed by atoms with van der Waals surface area (Å²) in [6.07, 6.45) is 0.256. The van der Waals surface area contributed by atoms with Gasteiger partial charge in [-0.15, -0.1) is 0 Å². The zero-order chi connectivity index (χ0) is 13.0. The Labute approximate surface area is 110 Å². The first-order valence-corrected chi connectivity index (χ1v) is 6.18. The van der Waals surface area contributed by atoms with Crippen LogP contribution in [0.3, 0.4) is 0 Å². The molecule has 0 aromatic heterocycles. The fourth-order valence-corrected chi connectivity index (χ4v) is 2.12. The molecule has 1 aromatic rings. The van der Waals surface area contributed by atoms with E-state index in [2.05, 4.69) is 5.43 Å². The fraction of sp³-hybridized carbons (Fsp3) is 0.500. The Balaban J connectivity index is 2.04. The number of halogens is 2. The van der Waals surface area contributed by atoms with Crippen LogP contribution in [0.1, 0.15) is 5.56 Å². The number of hydrogen-bond donors (Lipinski definition) is 2. The van der Waals surface area contributed by atoms with Gasteiger partial charge in [0, 0.05) is 5.02 Å². The van der Waals surface area contributed by atoms with Gasteiger partial charge in [0.15, 0.2) is 0 Å². The molecule has 1 fully saturated rings. The number of benzene rings is 1. The SMILES string of the molecule is NNC(Cc1ccc(Cl)cc1F)C1COCCO1. The van der Waals surface area contributed by atoms with E-state index in [-0.39, 0.29) is 18.0 Å². The van der Waals surface area contributed by atoms with Gasteiger partial charge in [-0.25, -0.2) is 4.39 Å². The molecule has 2 unspecified atom stereocenters. The normalized spacial score (nSPS) is 21.8. The summed E-state index contributed by atoms with van der Waals surface area (Å²) in [4.78, 5) is 0. The molecule has 1 saturated heterocycles. The summed E-state index contributed by atoms with van der Waals surface area (Å²) in [5.41, 5.74) is 3.21. The molecule has 1 aromatic carbocycles. The minimum Gasteiger partial charge on any atom is -0.376 e. The number of ether oxygens (including phenoxy) is 2. The summed E-state index contributed by atoms with van der Waals surface area (Å²) >= 11 is 5.71. The van der Waals surface area contributed by atoms with E-state index in [1.165, 1.54) is 6.07 Å². The number of nitrogens with two attached hydrogens (primary N) is 1. The van der Waals surface area contributed by atoms with Crippen LogP contribution in [0.2, 0.25) is 5.02 Å². The Morgan fingerprint density at radius 2 is 2.33 bits per heavy atom. The zero-order valence-electron chi connectivity index (χ0n) is 9.86. The van der Waals surface area contributed by atoms with Gasteiger partial charge in [-0.1, -0.05) is 17.7 Å². The quantitative estimate of drug-likeness (QED) is 0.641. The summed E-state index contributed by atoms with van der Waals surface area (Å²) in [5.74, 6) is 5.16. The minimum atomic E-state index is -0.334. The molecule has 0 bridgehead atoms. The van der Waals surface area contributed by atoms with Gasteiger partial charge in [0.05, 0.1) is 32.0 Å². The van der Waals surface area contributed by atoms with Gasteiger partial charge in [-0.05, 0) is 24.1 Å². The van der Waals surface area contributed by atoms with Crippen LogP contribution < -0.4 is 11.3 Å². The first-order chi connectivity index (χ1) is 8.70. The molecule has 3 N–H and O–H groups in total. The van der Waals surface area contributed by atoms with Crippen LogP contribution in [0.5, 0.6) is 0 Å². The highest BCUT2D eigenvalue weighted by Gasteiger charge is 2.25. The summed E-state index contributed by atoms with van der Waals surface area (Å²) in [7, 11) is 0. The lowest BCUT2D eigenvalue weighted by Gasteiger charge is -2.30. The molecule has 6 heteroatoms. The molecule has 1 aliphatic rings. The van der Waals surface area contributed by atoms with E-state index in [4.69, 9.17) is 26.9 Å². The third-order valence-electron chi connectivity index (χ3n) is 2.96. The van der Waals surface area contributed by atoms with Gasteiger partial charge in [-0.3, -0.25) is 11.3 Å². The van der Waals surface area contributed by atoms with Gasteiger partial charge in [-0.2, -0.15) is 0 Å². The molecule has 0 amide bonds. The third kappa shape index (κ3) is 3.40. The van der Waals surface area contributed by atoms with E-state index in [9.17, 15) is 4.39 Å². The van der Waals surface area contributed by atoms with Crippen molar-refractivity contribution in [2.45, 2.75) is 18.6 Å². The maximum Gasteiger partial charge on any atom is 0.127 e. The molecule has 4 nitrogen and oxygen atoms in total. The summed E-state index contributed by atoms with van der Waals surface area (Å²) in [6, 6.07) is 4.42. The van der Waals surface area contributed by atoms with Crippen molar-refractivity contribution in [3.63, 3.8) is 0 Å². The number of hydrazine groups is 1. The molecule has 1 heterocycles. The molecule has 0 radical (unpaired) electrons. The van der Waals surface area contributed by atoms with Crippen LogP contribution in [0.25, 0.3) is 0 Å². The van der Waals surface area contributed by atoms with E-state index < -0.39 is 0 Å². The molecule has 0 saturated carbocycles. The Morgan fingerprint density at radius 3 is 2.94 bits per heavy atom. The zero-order valence-corrected chi connectivity index (χ0v) is 10.6. The lowest BCUT2D eigenvalue weighted by atomic mass is 10.0. The highest BCUT2D eigenvalue weighted by atomic mass is 35.5. The van der Waals surface area contributed by atoms with Crippen molar-refractivity contribution in [2.24, 2.45) is 5.84 Å². The number of hydrogen-bond acceptors (Lipinski definition) is 4. The van der Waals surface area contributed by atoms with Crippen molar-refractivity contribution in [1.29, 1.82) is 0 Å². The average molecular weight is 275 g/mol. The van der Waals surface area contributed by atoms with Crippen LogP contribution in [0, 0.1) is 5.82 Å². The van der Waals surface area contributed by atoms with Crippen molar-refractivity contribution in [3.05, 3.63) is 34.6 Å². The van der Waals surface area contributed by atoms with E-state index in [1.54, 1.807) is 12.1 Å². The van der Waals surface area contributed by atoms with Crippen LogP contribution in [0.15, 0.2) is 18.2 Å². The molecule has 0 aliphatic carbocycles. The Bertz CT molecular complexity index is 400. The van der Waals surface area contributed by atoms with Crippen LogP contribution in [-0.2, 0) is 15.9 Å². The lowest BCUT2D eigenvalue weighted by Crippen LogP contribution is -2.50. The molecule has 1 aliphatic heterocycles. The van der Waals surface area contributed by atoms with Crippen LogP contribution in [-0.4, -0.2) is 32.0 Å². The van der Waals surface area contributed by atoms with Crippen LogP contribution >= 0.6 is 11.6 Å². The lowest BCUT2D eigenvalue weighted by molar-refractivity contribution is -0.101. The summed E-state index contributed by atoms with van der Waals surface area (Å²) < 4.78 is 24.6. The molecule has 18 heavy (non-hydrogen) atoms. The summed E-state index contributed by atoms with van der Waals surface area (Å²) in [5, 5.41) is 0.380. The van der Waals surface area contributed by atoms with E-state index in [0.29, 0.717) is 36.8 Å². The van der Waals surface area contributed by atoms with Crippen molar-refractivity contribution in [3.8, 4) is 0 Å². The highest BCUT2D eigenvalue weighted by Crippen LogP contribution is 2.18. The van der Waals surface area contributed by atoms with Gasteiger partial charge >= 0.3 is 0 Å². The van der Waals surface area contributed by atoms with Gasteiger partial charge in [0.1, 0.15) is 5.82 Å². The molecule has 0 spiro atoms. The topological polar surface area (TPSA) is 56.5 Å². The standard InChI is InChI=1S/C12H16ClFN2O2/c13-9-2-1-8(10(14)6-9)5-11(16-15)12-7-17-3-4-18-12/h1-2,6,11-12,16H,3-5,7,15H2. The van der Waals surface area contributed by atoms with E-state index >= 15 is 0 Å². The molecular formula is C12H16ClFN2O2. The second kappa shape index (κ2) is 6.45. The van der Waals surface area contributed by atoms with Crippen molar-refractivity contribution in [2.75, 3.05) is 19.8 Å². The fourth-order valence-electron chi connectivity index (χ4n) is 1.96. The second-order valence-electron chi connectivity index (χ2n) is 4.20. The Kier molecular flexibility index (Phi) is 4.91. The van der Waals surface area contributed by atoms with Crippen molar-refractivity contribution < 1.29 is 13.9 Å². The van der Waals surface area contributed by atoms with Crippen molar-refractivity contribution in [1.82, 2.24) is 5.43 Å². The molecule has 100 valence electrons. The van der Waals surface area contributed by atoms with Gasteiger partial charge < -0.3 is 9.47 Å². The summed E-state index contributed by atoms with van der Waals surface area (Å²) in [6.45, 7) is 1.58. The predicted octanol–water partition coefficient (Wildman–Crippen LogP) is 1.27.